The Morgan fingerprint density at radius 1 is 1.06 bits per heavy atom. The Morgan fingerprint density at radius 3 is 2.47 bits per heavy atom. The lowest BCUT2D eigenvalue weighted by Gasteiger charge is -2.07. The smallest absolute Gasteiger partial charge is 0.224 e. The van der Waals surface area contributed by atoms with E-state index >= 15 is 0 Å². The Kier molecular flexibility index (Phi) is 3.50. The molecule has 1 aromatic carbocycles. The summed E-state index contributed by atoms with van der Waals surface area (Å²) < 4.78 is 0. The van der Waals surface area contributed by atoms with Gasteiger partial charge < -0.3 is 5.32 Å². The summed E-state index contributed by atoms with van der Waals surface area (Å²) in [5.74, 6) is 0.655. The van der Waals surface area contributed by atoms with Crippen LogP contribution >= 0.6 is 23.2 Å². The van der Waals surface area contributed by atoms with Gasteiger partial charge in [-0.2, -0.15) is 0 Å². The average Bonchev–Trinajstić information content (AvgIpc) is 2.22. The van der Waals surface area contributed by atoms with Gasteiger partial charge in [-0.3, -0.25) is 0 Å². The number of aryl methyl sites for hydroxylation is 2. The van der Waals surface area contributed by atoms with Crippen molar-refractivity contribution < 1.29 is 0 Å². The summed E-state index contributed by atoms with van der Waals surface area (Å²) in [6, 6.07) is 7.55. The molecule has 0 amide bonds. The predicted octanol–water partition coefficient (Wildman–Crippen LogP) is 4.14. The van der Waals surface area contributed by atoms with Crippen LogP contribution in [0.3, 0.4) is 0 Å². The van der Waals surface area contributed by atoms with Gasteiger partial charge in [-0.1, -0.05) is 17.7 Å². The highest BCUT2D eigenvalue weighted by molar-refractivity contribution is 6.31. The summed E-state index contributed by atoms with van der Waals surface area (Å²) >= 11 is 11.8. The lowest BCUT2D eigenvalue weighted by atomic mass is 10.2. The van der Waals surface area contributed by atoms with Gasteiger partial charge in [-0.25, -0.2) is 9.97 Å². The first-order valence-electron chi connectivity index (χ1n) is 5.09. The molecule has 0 saturated carbocycles. The van der Waals surface area contributed by atoms with Crippen molar-refractivity contribution in [2.24, 2.45) is 0 Å². The lowest BCUT2D eigenvalue weighted by molar-refractivity contribution is 1.10. The molecule has 2 aromatic rings. The molecule has 88 valence electrons. The van der Waals surface area contributed by atoms with Crippen LogP contribution < -0.4 is 5.32 Å². The molecule has 0 fully saturated rings. The van der Waals surface area contributed by atoms with Gasteiger partial charge in [0.1, 0.15) is 5.82 Å². The van der Waals surface area contributed by atoms with Crippen LogP contribution in [0.15, 0.2) is 24.3 Å². The molecule has 1 aromatic heterocycles. The summed E-state index contributed by atoms with van der Waals surface area (Å²) in [7, 11) is 0. The molecule has 0 unspecified atom stereocenters. The van der Waals surface area contributed by atoms with Crippen molar-refractivity contribution in [1.82, 2.24) is 9.97 Å². The van der Waals surface area contributed by atoms with Crippen LogP contribution in [-0.4, -0.2) is 9.97 Å². The SMILES string of the molecule is Cc1cc(Nc2ccc(C)c(Cl)c2)nc(Cl)n1. The second-order valence-electron chi connectivity index (χ2n) is 3.75. The monoisotopic (exact) mass is 267 g/mol. The Bertz CT molecular complexity index is 535. The molecular formula is C12H11Cl2N3. The minimum absolute atomic E-state index is 0.228. The maximum Gasteiger partial charge on any atom is 0.224 e. The van der Waals surface area contributed by atoms with E-state index in [-0.39, 0.29) is 5.28 Å². The minimum atomic E-state index is 0.228. The summed E-state index contributed by atoms with van der Waals surface area (Å²) in [6.07, 6.45) is 0. The van der Waals surface area contributed by atoms with Crippen LogP contribution in [0.2, 0.25) is 10.3 Å². The Balaban J connectivity index is 2.28. The molecule has 5 heteroatoms. The summed E-state index contributed by atoms with van der Waals surface area (Å²) in [5.41, 5.74) is 2.72. The molecule has 2 rings (SSSR count). The minimum Gasteiger partial charge on any atom is -0.340 e. The standard InChI is InChI=1S/C12H11Cl2N3/c1-7-3-4-9(6-10(7)13)16-11-5-8(2)15-12(14)17-11/h3-6H,1-2H3,(H,15,16,17). The van der Waals surface area contributed by atoms with E-state index in [0.29, 0.717) is 10.8 Å². The van der Waals surface area contributed by atoms with E-state index in [1.54, 1.807) is 0 Å². The highest BCUT2D eigenvalue weighted by atomic mass is 35.5. The number of benzene rings is 1. The molecular weight excluding hydrogens is 257 g/mol. The third-order valence-electron chi connectivity index (χ3n) is 2.27. The highest BCUT2D eigenvalue weighted by Gasteiger charge is 2.02. The maximum absolute atomic E-state index is 6.04. The van der Waals surface area contributed by atoms with E-state index in [0.717, 1.165) is 16.9 Å². The van der Waals surface area contributed by atoms with Crippen LogP contribution in [-0.2, 0) is 0 Å². The van der Waals surface area contributed by atoms with E-state index in [9.17, 15) is 0 Å². The van der Waals surface area contributed by atoms with Gasteiger partial charge in [-0.15, -0.1) is 0 Å². The summed E-state index contributed by atoms with van der Waals surface area (Å²) in [5, 5.41) is 4.08. The first-order valence-corrected chi connectivity index (χ1v) is 5.84. The molecule has 0 aliphatic rings. The molecule has 0 bridgehead atoms. The van der Waals surface area contributed by atoms with Crippen LogP contribution in [0, 0.1) is 13.8 Å². The first-order chi connectivity index (χ1) is 8.04. The van der Waals surface area contributed by atoms with E-state index in [4.69, 9.17) is 23.2 Å². The van der Waals surface area contributed by atoms with E-state index in [1.165, 1.54) is 0 Å². The normalized spacial score (nSPS) is 10.4. The van der Waals surface area contributed by atoms with Crippen LogP contribution in [0.25, 0.3) is 0 Å². The quantitative estimate of drug-likeness (QED) is 0.831. The van der Waals surface area contributed by atoms with Gasteiger partial charge in [0.15, 0.2) is 0 Å². The largest absolute Gasteiger partial charge is 0.340 e. The number of nitrogens with zero attached hydrogens (tertiary/aromatic N) is 2. The summed E-state index contributed by atoms with van der Waals surface area (Å²) in [6.45, 7) is 3.82. The second kappa shape index (κ2) is 4.90. The van der Waals surface area contributed by atoms with E-state index in [2.05, 4.69) is 15.3 Å². The fourth-order valence-corrected chi connectivity index (χ4v) is 1.82. The number of nitrogens with one attached hydrogen (secondary N) is 1. The molecule has 0 spiro atoms. The van der Waals surface area contributed by atoms with Crippen molar-refractivity contribution in [2.75, 3.05) is 5.32 Å². The molecule has 0 radical (unpaired) electrons. The number of halogens is 2. The van der Waals surface area contributed by atoms with Crippen molar-refractivity contribution >= 4 is 34.7 Å². The van der Waals surface area contributed by atoms with Crippen LogP contribution in [0.5, 0.6) is 0 Å². The fraction of sp³-hybridized carbons (Fsp3) is 0.167. The number of anilines is 2. The highest BCUT2D eigenvalue weighted by Crippen LogP contribution is 2.23. The van der Waals surface area contributed by atoms with Crippen LogP contribution in [0.4, 0.5) is 11.5 Å². The van der Waals surface area contributed by atoms with Gasteiger partial charge in [0.05, 0.1) is 0 Å². The molecule has 0 aliphatic carbocycles. The molecule has 1 heterocycles. The van der Waals surface area contributed by atoms with Gasteiger partial charge in [0.25, 0.3) is 0 Å². The van der Waals surface area contributed by atoms with Gasteiger partial charge in [0.2, 0.25) is 5.28 Å². The zero-order valence-electron chi connectivity index (χ0n) is 9.46. The molecule has 0 atom stereocenters. The average molecular weight is 268 g/mol. The number of hydrogen-bond acceptors (Lipinski definition) is 3. The topological polar surface area (TPSA) is 37.8 Å². The van der Waals surface area contributed by atoms with Gasteiger partial charge in [-0.05, 0) is 43.1 Å². The lowest BCUT2D eigenvalue weighted by Crippen LogP contribution is -1.96. The predicted molar refractivity (Wildman–Crippen MR) is 71.3 cm³/mol. The third-order valence-corrected chi connectivity index (χ3v) is 2.85. The summed E-state index contributed by atoms with van der Waals surface area (Å²) in [4.78, 5) is 8.08. The van der Waals surface area contributed by atoms with Crippen molar-refractivity contribution in [3.05, 3.63) is 45.8 Å². The number of hydrogen-bond donors (Lipinski definition) is 1. The fourth-order valence-electron chi connectivity index (χ4n) is 1.41. The first kappa shape index (κ1) is 12.1. The molecule has 0 aliphatic heterocycles. The molecule has 1 N–H and O–H groups in total. The van der Waals surface area contributed by atoms with Crippen LogP contribution in [0.1, 0.15) is 11.3 Å². The second-order valence-corrected chi connectivity index (χ2v) is 4.50. The molecule has 3 nitrogen and oxygen atoms in total. The molecule has 17 heavy (non-hydrogen) atoms. The number of aromatic nitrogens is 2. The Hall–Kier alpha value is -1.32. The molecule has 0 saturated heterocycles. The number of rotatable bonds is 2. The maximum atomic E-state index is 6.04. The van der Waals surface area contributed by atoms with E-state index < -0.39 is 0 Å². The van der Waals surface area contributed by atoms with Gasteiger partial charge in [0, 0.05) is 22.5 Å². The van der Waals surface area contributed by atoms with Crippen molar-refractivity contribution in [2.45, 2.75) is 13.8 Å². The van der Waals surface area contributed by atoms with Crippen molar-refractivity contribution in [3.63, 3.8) is 0 Å². The Morgan fingerprint density at radius 2 is 1.82 bits per heavy atom. The van der Waals surface area contributed by atoms with Gasteiger partial charge >= 0.3 is 0 Å². The zero-order chi connectivity index (χ0) is 12.4. The van der Waals surface area contributed by atoms with Crippen molar-refractivity contribution in [3.8, 4) is 0 Å². The zero-order valence-corrected chi connectivity index (χ0v) is 11.0. The third kappa shape index (κ3) is 3.08. The van der Waals surface area contributed by atoms with Crippen molar-refractivity contribution in [1.29, 1.82) is 0 Å². The van der Waals surface area contributed by atoms with E-state index in [1.807, 2.05) is 38.1 Å². The Labute approximate surface area is 110 Å².